The summed E-state index contributed by atoms with van der Waals surface area (Å²) >= 11 is 0. The topological polar surface area (TPSA) is 93.0 Å². The van der Waals surface area contributed by atoms with Gasteiger partial charge in [-0.25, -0.2) is 0 Å². The number of rotatable bonds is 4. The SMILES string of the molecule is CCC(c1ccc([N+](=O)[O-])cc1C#N)C(C)N. The van der Waals surface area contributed by atoms with E-state index in [0.717, 1.165) is 12.0 Å². The molecule has 0 saturated heterocycles. The summed E-state index contributed by atoms with van der Waals surface area (Å²) in [4.78, 5) is 10.1. The van der Waals surface area contributed by atoms with E-state index in [1.54, 1.807) is 6.07 Å². The lowest BCUT2D eigenvalue weighted by Gasteiger charge is -2.20. The fourth-order valence-corrected chi connectivity index (χ4v) is 1.95. The Balaban J connectivity index is 3.26. The molecule has 0 amide bonds. The van der Waals surface area contributed by atoms with Gasteiger partial charge in [0.25, 0.3) is 5.69 Å². The lowest BCUT2D eigenvalue weighted by molar-refractivity contribution is -0.384. The molecule has 5 nitrogen and oxygen atoms in total. The number of nitrogens with zero attached hydrogens (tertiary/aromatic N) is 2. The molecule has 0 aliphatic heterocycles. The minimum atomic E-state index is -0.503. The second-order valence-corrected chi connectivity index (χ2v) is 4.01. The van der Waals surface area contributed by atoms with Crippen LogP contribution in [0.2, 0.25) is 0 Å². The number of hydrogen-bond donors (Lipinski definition) is 1. The first-order chi connectivity index (χ1) is 8.01. The van der Waals surface area contributed by atoms with Crippen LogP contribution in [-0.2, 0) is 0 Å². The van der Waals surface area contributed by atoms with Crippen LogP contribution in [0.5, 0.6) is 0 Å². The molecule has 0 aliphatic carbocycles. The zero-order valence-corrected chi connectivity index (χ0v) is 9.88. The van der Waals surface area contributed by atoms with Crippen molar-refractivity contribution < 1.29 is 4.92 Å². The Labute approximate surface area is 100 Å². The second kappa shape index (κ2) is 5.41. The van der Waals surface area contributed by atoms with Gasteiger partial charge in [-0.3, -0.25) is 10.1 Å². The van der Waals surface area contributed by atoms with Crippen molar-refractivity contribution in [2.24, 2.45) is 5.73 Å². The van der Waals surface area contributed by atoms with Crippen molar-refractivity contribution in [2.45, 2.75) is 32.2 Å². The Morgan fingerprint density at radius 1 is 1.59 bits per heavy atom. The highest BCUT2D eigenvalue weighted by atomic mass is 16.6. The van der Waals surface area contributed by atoms with Crippen LogP contribution in [0.4, 0.5) is 5.69 Å². The van der Waals surface area contributed by atoms with Crippen molar-refractivity contribution in [3.8, 4) is 6.07 Å². The van der Waals surface area contributed by atoms with Crippen LogP contribution in [0.3, 0.4) is 0 Å². The van der Waals surface area contributed by atoms with Crippen molar-refractivity contribution in [3.05, 3.63) is 39.4 Å². The first kappa shape index (κ1) is 13.1. The maximum absolute atomic E-state index is 10.6. The number of benzene rings is 1. The largest absolute Gasteiger partial charge is 0.327 e. The molecule has 5 heteroatoms. The molecule has 0 bridgehead atoms. The molecule has 90 valence electrons. The van der Waals surface area contributed by atoms with Crippen LogP contribution in [0, 0.1) is 21.4 Å². The van der Waals surface area contributed by atoms with Gasteiger partial charge in [0, 0.05) is 18.2 Å². The Morgan fingerprint density at radius 2 is 2.24 bits per heavy atom. The maximum Gasteiger partial charge on any atom is 0.270 e. The monoisotopic (exact) mass is 233 g/mol. The van der Waals surface area contributed by atoms with Crippen molar-refractivity contribution in [1.29, 1.82) is 5.26 Å². The van der Waals surface area contributed by atoms with Crippen LogP contribution in [0.25, 0.3) is 0 Å². The van der Waals surface area contributed by atoms with Gasteiger partial charge in [-0.15, -0.1) is 0 Å². The van der Waals surface area contributed by atoms with Gasteiger partial charge in [0.1, 0.15) is 0 Å². The minimum absolute atomic E-state index is 0.0467. The van der Waals surface area contributed by atoms with Gasteiger partial charge in [0.05, 0.1) is 16.6 Å². The number of nitrogens with two attached hydrogens (primary N) is 1. The Morgan fingerprint density at radius 3 is 2.65 bits per heavy atom. The highest BCUT2D eigenvalue weighted by Crippen LogP contribution is 2.28. The summed E-state index contributed by atoms with van der Waals surface area (Å²) in [5.41, 5.74) is 6.92. The molecule has 2 N–H and O–H groups in total. The maximum atomic E-state index is 10.6. The average Bonchev–Trinajstić information content (AvgIpc) is 2.29. The molecule has 2 unspecified atom stereocenters. The molecule has 0 saturated carbocycles. The number of hydrogen-bond acceptors (Lipinski definition) is 4. The minimum Gasteiger partial charge on any atom is -0.327 e. The van der Waals surface area contributed by atoms with Crippen molar-refractivity contribution in [1.82, 2.24) is 0 Å². The molecule has 1 aromatic carbocycles. The van der Waals surface area contributed by atoms with Crippen molar-refractivity contribution >= 4 is 5.69 Å². The van der Waals surface area contributed by atoms with E-state index < -0.39 is 4.92 Å². The van der Waals surface area contributed by atoms with E-state index >= 15 is 0 Å². The normalized spacial score (nSPS) is 13.8. The van der Waals surface area contributed by atoms with Crippen molar-refractivity contribution in [2.75, 3.05) is 0 Å². The Hall–Kier alpha value is -1.93. The number of nitro benzene ring substituents is 1. The molecule has 17 heavy (non-hydrogen) atoms. The third-order valence-electron chi connectivity index (χ3n) is 2.84. The Kier molecular flexibility index (Phi) is 4.18. The standard InChI is InChI=1S/C12H15N3O2/c1-3-11(8(2)14)12-5-4-10(15(16)17)6-9(12)7-13/h4-6,8,11H,3,14H2,1-2H3. The molecule has 0 aromatic heterocycles. The average molecular weight is 233 g/mol. The third kappa shape index (κ3) is 2.80. The van der Waals surface area contributed by atoms with E-state index in [2.05, 4.69) is 0 Å². The fraction of sp³-hybridized carbons (Fsp3) is 0.417. The molecule has 1 rings (SSSR count). The van der Waals surface area contributed by atoms with Crippen LogP contribution in [0.1, 0.15) is 37.3 Å². The molecular weight excluding hydrogens is 218 g/mol. The third-order valence-corrected chi connectivity index (χ3v) is 2.84. The quantitative estimate of drug-likeness (QED) is 0.637. The van der Waals surface area contributed by atoms with E-state index in [0.29, 0.717) is 5.56 Å². The summed E-state index contributed by atoms with van der Waals surface area (Å²) in [7, 11) is 0. The number of nitro groups is 1. The first-order valence-corrected chi connectivity index (χ1v) is 5.45. The van der Waals surface area contributed by atoms with Crippen LogP contribution in [0.15, 0.2) is 18.2 Å². The summed E-state index contributed by atoms with van der Waals surface area (Å²) < 4.78 is 0. The lowest BCUT2D eigenvalue weighted by Crippen LogP contribution is -2.24. The molecular formula is C12H15N3O2. The van der Waals surface area contributed by atoms with E-state index in [9.17, 15) is 10.1 Å². The summed E-state index contributed by atoms with van der Waals surface area (Å²) in [5, 5.41) is 19.7. The van der Waals surface area contributed by atoms with Crippen LogP contribution in [-0.4, -0.2) is 11.0 Å². The zero-order chi connectivity index (χ0) is 13.0. The van der Waals surface area contributed by atoms with E-state index in [1.165, 1.54) is 12.1 Å². The molecule has 0 fully saturated rings. The highest BCUT2D eigenvalue weighted by Gasteiger charge is 2.19. The molecule has 0 radical (unpaired) electrons. The molecule has 1 aromatic rings. The van der Waals surface area contributed by atoms with Gasteiger partial charge in [-0.05, 0) is 24.8 Å². The van der Waals surface area contributed by atoms with Gasteiger partial charge in [0.15, 0.2) is 0 Å². The van der Waals surface area contributed by atoms with Gasteiger partial charge < -0.3 is 5.73 Å². The molecule has 0 spiro atoms. The van der Waals surface area contributed by atoms with E-state index in [1.807, 2.05) is 19.9 Å². The predicted octanol–water partition coefficient (Wildman–Crippen LogP) is 2.31. The fourth-order valence-electron chi connectivity index (χ4n) is 1.95. The smallest absolute Gasteiger partial charge is 0.270 e. The Bertz CT molecular complexity index is 463. The number of non-ortho nitro benzene ring substituents is 1. The van der Waals surface area contributed by atoms with Gasteiger partial charge >= 0.3 is 0 Å². The summed E-state index contributed by atoms with van der Waals surface area (Å²) in [6.07, 6.45) is 0.796. The lowest BCUT2D eigenvalue weighted by atomic mass is 9.87. The summed E-state index contributed by atoms with van der Waals surface area (Å²) in [6.45, 7) is 3.85. The van der Waals surface area contributed by atoms with Gasteiger partial charge in [0.2, 0.25) is 0 Å². The summed E-state index contributed by atoms with van der Waals surface area (Å²) in [5.74, 6) is 0.0467. The highest BCUT2D eigenvalue weighted by molar-refractivity contribution is 5.48. The number of nitriles is 1. The summed E-state index contributed by atoms with van der Waals surface area (Å²) in [6, 6.07) is 6.27. The first-order valence-electron chi connectivity index (χ1n) is 5.45. The van der Waals surface area contributed by atoms with Crippen LogP contribution < -0.4 is 5.73 Å². The molecule has 2 atom stereocenters. The molecule has 0 aliphatic rings. The predicted molar refractivity (Wildman–Crippen MR) is 64.5 cm³/mol. The van der Waals surface area contributed by atoms with E-state index in [-0.39, 0.29) is 17.6 Å². The van der Waals surface area contributed by atoms with E-state index in [4.69, 9.17) is 11.0 Å². The zero-order valence-electron chi connectivity index (χ0n) is 9.88. The van der Waals surface area contributed by atoms with Crippen LogP contribution >= 0.6 is 0 Å². The second-order valence-electron chi connectivity index (χ2n) is 4.01. The van der Waals surface area contributed by atoms with Gasteiger partial charge in [-0.2, -0.15) is 5.26 Å². The molecule has 0 heterocycles. The van der Waals surface area contributed by atoms with Crippen molar-refractivity contribution in [3.63, 3.8) is 0 Å². The van der Waals surface area contributed by atoms with Gasteiger partial charge in [-0.1, -0.05) is 13.0 Å².